The molecule has 0 aromatic rings. The van der Waals surface area contributed by atoms with Crippen LogP contribution in [0.2, 0.25) is 0 Å². The Kier molecular flexibility index (Phi) is 10.8. The van der Waals surface area contributed by atoms with Crippen LogP contribution in [0.4, 0.5) is 0 Å². The van der Waals surface area contributed by atoms with Crippen LogP contribution in [0.15, 0.2) is 4.99 Å². The second kappa shape index (κ2) is 11.3. The Morgan fingerprint density at radius 3 is 2.50 bits per heavy atom. The predicted molar refractivity (Wildman–Crippen MR) is 81.3 cm³/mol. The highest BCUT2D eigenvalue weighted by molar-refractivity contribution is 5.79. The van der Waals surface area contributed by atoms with E-state index in [1.165, 1.54) is 12.8 Å². The van der Waals surface area contributed by atoms with Crippen LogP contribution in [0.3, 0.4) is 0 Å². The normalized spacial score (nSPS) is 13.8. The molecule has 0 heterocycles. The molecule has 4 nitrogen and oxygen atoms in total. The molecule has 1 atom stereocenters. The monoisotopic (exact) mass is 256 g/mol. The maximum absolute atomic E-state index is 4.54. The lowest BCUT2D eigenvalue weighted by Gasteiger charge is -2.23. The van der Waals surface area contributed by atoms with Gasteiger partial charge in [0.1, 0.15) is 0 Å². The Bertz CT molecular complexity index is 216. The maximum atomic E-state index is 4.54. The molecule has 4 heteroatoms. The molecular weight excluding hydrogens is 224 g/mol. The van der Waals surface area contributed by atoms with E-state index in [-0.39, 0.29) is 0 Å². The summed E-state index contributed by atoms with van der Waals surface area (Å²) in [7, 11) is 2.18. The first-order valence-electron chi connectivity index (χ1n) is 7.38. The fourth-order valence-corrected chi connectivity index (χ4v) is 1.57. The zero-order valence-corrected chi connectivity index (χ0v) is 12.9. The highest BCUT2D eigenvalue weighted by Gasteiger charge is 2.05. The van der Waals surface area contributed by atoms with Gasteiger partial charge in [0.05, 0.1) is 0 Å². The van der Waals surface area contributed by atoms with Crippen LogP contribution in [0.1, 0.15) is 47.0 Å². The minimum absolute atomic E-state index is 0.645. The maximum Gasteiger partial charge on any atom is 0.191 e. The van der Waals surface area contributed by atoms with Crippen molar-refractivity contribution in [3.8, 4) is 0 Å². The number of hydrogen-bond donors (Lipinski definition) is 2. The van der Waals surface area contributed by atoms with Crippen LogP contribution in [-0.4, -0.2) is 50.1 Å². The molecule has 0 aromatic carbocycles. The van der Waals surface area contributed by atoms with Gasteiger partial charge in [-0.2, -0.15) is 0 Å². The minimum atomic E-state index is 0.645. The summed E-state index contributed by atoms with van der Waals surface area (Å²) in [5.74, 6) is 0.948. The zero-order chi connectivity index (χ0) is 13.8. The molecule has 0 spiro atoms. The Morgan fingerprint density at radius 2 is 1.94 bits per heavy atom. The Hall–Kier alpha value is -0.770. The largest absolute Gasteiger partial charge is 0.357 e. The molecule has 0 saturated heterocycles. The standard InChI is InChI=1S/C14H32N4/c1-6-9-10-16-14(15-8-3)17-11-12-18(5)13(4)7-2/h13H,6-12H2,1-5H3,(H2,15,16,17). The molecule has 0 saturated carbocycles. The minimum Gasteiger partial charge on any atom is -0.357 e. The van der Waals surface area contributed by atoms with Gasteiger partial charge in [-0.1, -0.05) is 20.3 Å². The number of aliphatic imine (C=N–C) groups is 1. The molecule has 0 aliphatic heterocycles. The van der Waals surface area contributed by atoms with Crippen molar-refractivity contribution in [1.82, 2.24) is 15.5 Å². The van der Waals surface area contributed by atoms with E-state index in [4.69, 9.17) is 0 Å². The van der Waals surface area contributed by atoms with Gasteiger partial charge in [0.2, 0.25) is 0 Å². The Morgan fingerprint density at radius 1 is 1.22 bits per heavy atom. The lowest BCUT2D eigenvalue weighted by atomic mass is 10.2. The summed E-state index contributed by atoms with van der Waals surface area (Å²) < 4.78 is 0. The first kappa shape index (κ1) is 17.2. The molecular formula is C14H32N4. The third-order valence-corrected chi connectivity index (χ3v) is 3.23. The molecule has 0 aliphatic carbocycles. The summed E-state index contributed by atoms with van der Waals surface area (Å²) >= 11 is 0. The van der Waals surface area contributed by atoms with E-state index >= 15 is 0 Å². The van der Waals surface area contributed by atoms with E-state index in [9.17, 15) is 0 Å². The van der Waals surface area contributed by atoms with Gasteiger partial charge in [-0.3, -0.25) is 4.99 Å². The van der Waals surface area contributed by atoms with E-state index in [0.717, 1.165) is 38.6 Å². The van der Waals surface area contributed by atoms with Gasteiger partial charge in [-0.05, 0) is 33.7 Å². The van der Waals surface area contributed by atoms with Crippen LogP contribution in [0.25, 0.3) is 0 Å². The fourth-order valence-electron chi connectivity index (χ4n) is 1.57. The molecule has 0 aliphatic rings. The van der Waals surface area contributed by atoms with E-state index in [1.807, 2.05) is 0 Å². The second-order valence-corrected chi connectivity index (χ2v) is 4.78. The molecule has 0 fully saturated rings. The molecule has 0 aromatic heterocycles. The van der Waals surface area contributed by atoms with E-state index < -0.39 is 0 Å². The first-order chi connectivity index (χ1) is 8.65. The second-order valence-electron chi connectivity index (χ2n) is 4.78. The SMILES string of the molecule is CCCCN=C(NCC)NCCN(C)C(C)CC. The Balaban J connectivity index is 3.92. The smallest absolute Gasteiger partial charge is 0.191 e. The number of unbranched alkanes of at least 4 members (excludes halogenated alkanes) is 1. The zero-order valence-electron chi connectivity index (χ0n) is 12.9. The van der Waals surface area contributed by atoms with Crippen LogP contribution >= 0.6 is 0 Å². The van der Waals surface area contributed by atoms with Crippen molar-refractivity contribution in [2.24, 2.45) is 4.99 Å². The third-order valence-electron chi connectivity index (χ3n) is 3.23. The quantitative estimate of drug-likeness (QED) is 0.377. The van der Waals surface area contributed by atoms with Crippen molar-refractivity contribution in [1.29, 1.82) is 0 Å². The van der Waals surface area contributed by atoms with Crippen molar-refractivity contribution >= 4 is 5.96 Å². The van der Waals surface area contributed by atoms with Crippen LogP contribution < -0.4 is 10.6 Å². The summed E-state index contributed by atoms with van der Waals surface area (Å²) in [5.41, 5.74) is 0. The third kappa shape index (κ3) is 8.34. The number of rotatable bonds is 9. The van der Waals surface area contributed by atoms with Gasteiger partial charge in [-0.15, -0.1) is 0 Å². The van der Waals surface area contributed by atoms with Gasteiger partial charge in [0.25, 0.3) is 0 Å². The molecule has 0 radical (unpaired) electrons. The van der Waals surface area contributed by atoms with Crippen LogP contribution in [-0.2, 0) is 0 Å². The highest BCUT2D eigenvalue weighted by Crippen LogP contribution is 1.98. The van der Waals surface area contributed by atoms with Crippen molar-refractivity contribution in [3.05, 3.63) is 0 Å². The molecule has 108 valence electrons. The molecule has 0 amide bonds. The van der Waals surface area contributed by atoms with Crippen molar-refractivity contribution in [2.45, 2.75) is 53.0 Å². The summed E-state index contributed by atoms with van der Waals surface area (Å²) in [6.45, 7) is 12.6. The predicted octanol–water partition coefficient (Wildman–Crippen LogP) is 2.07. The topological polar surface area (TPSA) is 39.7 Å². The van der Waals surface area contributed by atoms with Gasteiger partial charge < -0.3 is 15.5 Å². The van der Waals surface area contributed by atoms with Gasteiger partial charge in [0, 0.05) is 32.2 Å². The summed E-state index contributed by atoms with van der Waals surface area (Å²) in [5, 5.41) is 6.67. The molecule has 2 N–H and O–H groups in total. The lowest BCUT2D eigenvalue weighted by molar-refractivity contribution is 0.255. The van der Waals surface area contributed by atoms with E-state index in [0.29, 0.717) is 6.04 Å². The number of guanidine groups is 1. The van der Waals surface area contributed by atoms with E-state index in [1.54, 1.807) is 0 Å². The van der Waals surface area contributed by atoms with Crippen molar-refractivity contribution < 1.29 is 0 Å². The van der Waals surface area contributed by atoms with Crippen molar-refractivity contribution in [2.75, 3.05) is 33.2 Å². The van der Waals surface area contributed by atoms with Gasteiger partial charge >= 0.3 is 0 Å². The molecule has 1 unspecified atom stereocenters. The number of nitrogens with zero attached hydrogens (tertiary/aromatic N) is 2. The summed E-state index contributed by atoms with van der Waals surface area (Å²) in [6.07, 6.45) is 3.55. The average molecular weight is 256 g/mol. The Labute approximate surface area is 113 Å². The number of hydrogen-bond acceptors (Lipinski definition) is 2. The average Bonchev–Trinajstić information content (AvgIpc) is 2.37. The van der Waals surface area contributed by atoms with E-state index in [2.05, 4.69) is 55.3 Å². The molecule has 0 rings (SSSR count). The number of nitrogens with one attached hydrogen (secondary N) is 2. The highest BCUT2D eigenvalue weighted by atomic mass is 15.2. The van der Waals surface area contributed by atoms with Gasteiger partial charge in [-0.25, -0.2) is 0 Å². The van der Waals surface area contributed by atoms with Crippen molar-refractivity contribution in [3.63, 3.8) is 0 Å². The fraction of sp³-hybridized carbons (Fsp3) is 0.929. The van der Waals surface area contributed by atoms with Crippen LogP contribution in [0, 0.1) is 0 Å². The van der Waals surface area contributed by atoms with Gasteiger partial charge in [0.15, 0.2) is 5.96 Å². The lowest BCUT2D eigenvalue weighted by Crippen LogP contribution is -2.42. The summed E-state index contributed by atoms with van der Waals surface area (Å²) in [4.78, 5) is 6.92. The number of likely N-dealkylation sites (N-methyl/N-ethyl adjacent to an activating group) is 1. The molecule has 0 bridgehead atoms. The first-order valence-corrected chi connectivity index (χ1v) is 7.38. The summed E-state index contributed by atoms with van der Waals surface area (Å²) in [6, 6.07) is 0.645. The molecule has 18 heavy (non-hydrogen) atoms. The van der Waals surface area contributed by atoms with Crippen LogP contribution in [0.5, 0.6) is 0 Å².